The molecule has 1 aliphatic carbocycles. The Balaban J connectivity index is 1.70. The van der Waals surface area contributed by atoms with Crippen molar-refractivity contribution in [1.82, 2.24) is 4.90 Å². The normalized spacial score (nSPS) is 18.4. The molecule has 0 bridgehead atoms. The molecule has 2 aromatic carbocycles. The van der Waals surface area contributed by atoms with Gasteiger partial charge in [-0.3, -0.25) is 9.69 Å². The van der Waals surface area contributed by atoms with Gasteiger partial charge in [-0.05, 0) is 60.1 Å². The monoisotopic (exact) mass is 409 g/mol. The lowest BCUT2D eigenvalue weighted by Crippen LogP contribution is -2.54. The third-order valence-corrected chi connectivity index (χ3v) is 7.45. The van der Waals surface area contributed by atoms with Gasteiger partial charge < -0.3 is 4.74 Å². The average molecular weight is 410 g/mol. The lowest BCUT2D eigenvalue weighted by molar-refractivity contribution is -0.00430. The molecule has 0 unspecified atom stereocenters. The molecule has 1 heterocycles. The summed E-state index contributed by atoms with van der Waals surface area (Å²) in [5.41, 5.74) is 5.37. The Morgan fingerprint density at radius 2 is 1.69 bits per heavy atom. The lowest BCUT2D eigenvalue weighted by Gasteiger charge is -2.39. The molecule has 1 saturated heterocycles. The smallest absolute Gasteiger partial charge is 0.182 e. The predicted octanol–water partition coefficient (Wildman–Crippen LogP) is 5.40. The molecule has 0 radical (unpaired) electrons. The molecule has 154 valence electrons. The van der Waals surface area contributed by atoms with Crippen LogP contribution in [0.1, 0.15) is 56.1 Å². The highest BCUT2D eigenvalue weighted by atomic mass is 32.2. The second kappa shape index (κ2) is 7.57. The molecular weight excluding hydrogens is 378 g/mol. The third-order valence-electron chi connectivity index (χ3n) is 6.58. The summed E-state index contributed by atoms with van der Waals surface area (Å²) in [6.07, 6.45) is 0. The number of thioether (sulfide) groups is 1. The van der Waals surface area contributed by atoms with Crippen molar-refractivity contribution in [2.75, 3.05) is 32.1 Å². The highest BCUT2D eigenvalue weighted by Crippen LogP contribution is 2.50. The molecule has 4 rings (SSSR count). The summed E-state index contributed by atoms with van der Waals surface area (Å²) in [7, 11) is 0. The van der Waals surface area contributed by atoms with Gasteiger partial charge in [0.15, 0.2) is 5.78 Å². The summed E-state index contributed by atoms with van der Waals surface area (Å²) in [5.74, 6) is 1.26. The van der Waals surface area contributed by atoms with Gasteiger partial charge >= 0.3 is 0 Å². The van der Waals surface area contributed by atoms with Crippen LogP contribution in [0.3, 0.4) is 0 Å². The first kappa shape index (κ1) is 20.6. The van der Waals surface area contributed by atoms with Crippen LogP contribution in [-0.4, -0.2) is 48.3 Å². The van der Waals surface area contributed by atoms with Crippen LogP contribution in [0.15, 0.2) is 41.3 Å². The number of morpholine rings is 1. The molecule has 0 aromatic heterocycles. The molecule has 0 saturated carbocycles. The van der Waals surface area contributed by atoms with E-state index in [1.807, 2.05) is 31.7 Å². The summed E-state index contributed by atoms with van der Waals surface area (Å²) >= 11 is 1.88. The maximum Gasteiger partial charge on any atom is 0.182 e. The van der Waals surface area contributed by atoms with E-state index in [0.29, 0.717) is 13.2 Å². The number of ketones is 1. The van der Waals surface area contributed by atoms with Gasteiger partial charge in [-0.25, -0.2) is 0 Å². The standard InChI is InChI=1S/C25H31NO2S/c1-6-29-18-8-10-20-19-9-7-17(15-21(19)24(2,3)22(20)16-18)23(27)25(4,5)26-11-13-28-14-12-26/h7-10,15-16H,6,11-14H2,1-5H3. The van der Waals surface area contributed by atoms with Crippen molar-refractivity contribution in [2.45, 2.75) is 50.5 Å². The second-order valence-electron chi connectivity index (χ2n) is 9.01. The molecule has 0 atom stereocenters. The molecule has 1 fully saturated rings. The van der Waals surface area contributed by atoms with Crippen LogP contribution in [0, 0.1) is 0 Å². The minimum absolute atomic E-state index is 0.103. The Labute approximate surface area is 178 Å². The van der Waals surface area contributed by atoms with Gasteiger partial charge in [-0.1, -0.05) is 39.0 Å². The molecule has 4 heteroatoms. The molecule has 0 spiro atoms. The zero-order valence-electron chi connectivity index (χ0n) is 18.2. The van der Waals surface area contributed by atoms with Crippen molar-refractivity contribution in [1.29, 1.82) is 0 Å². The lowest BCUT2D eigenvalue weighted by atomic mass is 9.81. The number of hydrogen-bond donors (Lipinski definition) is 0. The highest BCUT2D eigenvalue weighted by molar-refractivity contribution is 7.99. The van der Waals surface area contributed by atoms with Crippen molar-refractivity contribution in [3.63, 3.8) is 0 Å². The van der Waals surface area contributed by atoms with Gasteiger partial charge in [0.25, 0.3) is 0 Å². The first-order chi connectivity index (χ1) is 13.8. The van der Waals surface area contributed by atoms with Gasteiger partial charge in [-0.2, -0.15) is 0 Å². The van der Waals surface area contributed by atoms with Crippen LogP contribution >= 0.6 is 11.8 Å². The first-order valence-electron chi connectivity index (χ1n) is 10.6. The van der Waals surface area contributed by atoms with Crippen LogP contribution in [0.25, 0.3) is 11.1 Å². The third kappa shape index (κ3) is 3.45. The molecule has 1 aliphatic heterocycles. The van der Waals surface area contributed by atoms with Gasteiger partial charge in [0.1, 0.15) is 0 Å². The van der Waals surface area contributed by atoms with Crippen molar-refractivity contribution in [2.24, 2.45) is 0 Å². The van der Waals surface area contributed by atoms with Crippen molar-refractivity contribution < 1.29 is 9.53 Å². The van der Waals surface area contributed by atoms with Crippen LogP contribution < -0.4 is 0 Å². The quantitative estimate of drug-likeness (QED) is 0.489. The van der Waals surface area contributed by atoms with Crippen LogP contribution in [-0.2, 0) is 10.2 Å². The number of Topliss-reactive ketones (excluding diaryl/α,β-unsaturated/α-hetero) is 1. The number of benzene rings is 2. The Bertz CT molecular complexity index is 942. The molecule has 0 N–H and O–H groups in total. The number of ether oxygens (including phenoxy) is 1. The first-order valence-corrected chi connectivity index (χ1v) is 11.5. The minimum Gasteiger partial charge on any atom is -0.379 e. The Morgan fingerprint density at radius 3 is 2.34 bits per heavy atom. The fraction of sp³-hybridized carbons (Fsp3) is 0.480. The van der Waals surface area contributed by atoms with E-state index in [0.717, 1.165) is 24.4 Å². The zero-order chi connectivity index (χ0) is 20.8. The fourth-order valence-corrected chi connectivity index (χ4v) is 5.43. The van der Waals surface area contributed by atoms with Gasteiger partial charge in [0.05, 0.1) is 18.8 Å². The van der Waals surface area contributed by atoms with E-state index in [9.17, 15) is 4.79 Å². The van der Waals surface area contributed by atoms with Gasteiger partial charge in [-0.15, -0.1) is 11.8 Å². The van der Waals surface area contributed by atoms with E-state index in [1.54, 1.807) is 0 Å². The number of rotatable bonds is 5. The molecule has 3 nitrogen and oxygen atoms in total. The predicted molar refractivity (Wildman–Crippen MR) is 121 cm³/mol. The highest BCUT2D eigenvalue weighted by Gasteiger charge is 2.39. The molecule has 2 aromatic rings. The molecular formula is C25H31NO2S. The number of nitrogens with zero attached hydrogens (tertiary/aromatic N) is 1. The Kier molecular flexibility index (Phi) is 5.39. The molecule has 2 aliphatic rings. The van der Waals surface area contributed by atoms with E-state index in [2.05, 4.69) is 56.0 Å². The summed E-state index contributed by atoms with van der Waals surface area (Å²) in [5, 5.41) is 0. The van der Waals surface area contributed by atoms with Crippen molar-refractivity contribution in [3.05, 3.63) is 53.1 Å². The van der Waals surface area contributed by atoms with E-state index < -0.39 is 5.54 Å². The molecule has 29 heavy (non-hydrogen) atoms. The van der Waals surface area contributed by atoms with Crippen molar-refractivity contribution >= 4 is 17.5 Å². The van der Waals surface area contributed by atoms with Crippen molar-refractivity contribution in [3.8, 4) is 11.1 Å². The van der Waals surface area contributed by atoms with E-state index in [-0.39, 0.29) is 11.2 Å². The number of carbonyl (C=O) groups excluding carboxylic acids is 1. The number of fused-ring (bicyclic) bond motifs is 3. The topological polar surface area (TPSA) is 29.5 Å². The summed E-state index contributed by atoms with van der Waals surface area (Å²) in [6, 6.07) is 13.1. The maximum atomic E-state index is 13.5. The molecule has 0 amide bonds. The number of hydrogen-bond acceptors (Lipinski definition) is 4. The van der Waals surface area contributed by atoms with E-state index in [4.69, 9.17) is 4.74 Å². The van der Waals surface area contributed by atoms with E-state index >= 15 is 0 Å². The summed E-state index contributed by atoms with van der Waals surface area (Å²) in [4.78, 5) is 17.1. The number of carbonyl (C=O) groups is 1. The largest absolute Gasteiger partial charge is 0.379 e. The second-order valence-corrected chi connectivity index (χ2v) is 10.4. The minimum atomic E-state index is -0.529. The van der Waals surface area contributed by atoms with Gasteiger partial charge in [0, 0.05) is 29.0 Å². The zero-order valence-corrected chi connectivity index (χ0v) is 19.0. The van der Waals surface area contributed by atoms with E-state index in [1.165, 1.54) is 27.1 Å². The summed E-state index contributed by atoms with van der Waals surface area (Å²) in [6.45, 7) is 13.8. The fourth-order valence-electron chi connectivity index (χ4n) is 4.73. The Morgan fingerprint density at radius 1 is 1.07 bits per heavy atom. The average Bonchev–Trinajstić information content (AvgIpc) is 2.95. The SMILES string of the molecule is CCSc1ccc2c(c1)C(C)(C)c1cc(C(=O)C(C)(C)N3CCOCC3)ccc1-2. The summed E-state index contributed by atoms with van der Waals surface area (Å²) < 4.78 is 5.48. The van der Waals surface area contributed by atoms with Crippen LogP contribution in [0.5, 0.6) is 0 Å². The van der Waals surface area contributed by atoms with Crippen LogP contribution in [0.4, 0.5) is 0 Å². The Hall–Kier alpha value is -1.62. The van der Waals surface area contributed by atoms with Crippen LogP contribution in [0.2, 0.25) is 0 Å². The maximum absolute atomic E-state index is 13.5. The van der Waals surface area contributed by atoms with Gasteiger partial charge in [0.2, 0.25) is 0 Å².